The van der Waals surface area contributed by atoms with Gasteiger partial charge in [-0.1, -0.05) is 43.3 Å². The first kappa shape index (κ1) is 15.9. The molecule has 2 aromatic carbocycles. The van der Waals surface area contributed by atoms with E-state index in [0.717, 1.165) is 11.1 Å². The number of carbonyl (C=O) groups excluding carboxylic acids is 1. The van der Waals surface area contributed by atoms with Gasteiger partial charge in [-0.25, -0.2) is 0 Å². The molecule has 0 aliphatic heterocycles. The minimum absolute atomic E-state index is 0.0522. The van der Waals surface area contributed by atoms with Gasteiger partial charge in [-0.2, -0.15) is 0 Å². The summed E-state index contributed by atoms with van der Waals surface area (Å²) in [5.74, 6) is -0.451. The predicted molar refractivity (Wildman–Crippen MR) is 85.6 cm³/mol. The standard InChI is InChI=1S/C18H21NO3/c1-13(10-15-8-9-16(20)17(21)11-15)18(22)19(2)12-14-6-4-3-5-7-14/h3-9,11,13,20-21H,10,12H2,1-2H3. The molecule has 0 aliphatic carbocycles. The Labute approximate surface area is 130 Å². The summed E-state index contributed by atoms with van der Waals surface area (Å²) in [5, 5.41) is 18.8. The summed E-state index contributed by atoms with van der Waals surface area (Å²) in [4.78, 5) is 14.1. The zero-order valence-corrected chi connectivity index (χ0v) is 12.9. The van der Waals surface area contributed by atoms with Crippen molar-refractivity contribution in [2.45, 2.75) is 19.9 Å². The SMILES string of the molecule is CC(Cc1ccc(O)c(O)c1)C(=O)N(C)Cc1ccccc1. The summed E-state index contributed by atoms with van der Waals surface area (Å²) >= 11 is 0. The molecule has 116 valence electrons. The molecule has 4 nitrogen and oxygen atoms in total. The molecule has 0 radical (unpaired) electrons. The molecule has 0 fully saturated rings. The largest absolute Gasteiger partial charge is 0.504 e. The van der Waals surface area contributed by atoms with E-state index >= 15 is 0 Å². The normalized spacial score (nSPS) is 11.9. The Balaban J connectivity index is 1.97. The van der Waals surface area contributed by atoms with Crippen molar-refractivity contribution in [2.75, 3.05) is 7.05 Å². The molecule has 2 N–H and O–H groups in total. The molecule has 1 atom stereocenters. The van der Waals surface area contributed by atoms with Crippen LogP contribution in [-0.4, -0.2) is 28.1 Å². The lowest BCUT2D eigenvalue weighted by Gasteiger charge is -2.21. The first-order valence-electron chi connectivity index (χ1n) is 7.27. The maximum atomic E-state index is 12.4. The monoisotopic (exact) mass is 299 g/mol. The van der Waals surface area contributed by atoms with E-state index in [0.29, 0.717) is 13.0 Å². The Morgan fingerprint density at radius 3 is 2.36 bits per heavy atom. The Kier molecular flexibility index (Phi) is 5.04. The van der Waals surface area contributed by atoms with Gasteiger partial charge >= 0.3 is 0 Å². The van der Waals surface area contributed by atoms with Gasteiger partial charge in [-0.15, -0.1) is 0 Å². The number of hydrogen-bond acceptors (Lipinski definition) is 3. The summed E-state index contributed by atoms with van der Waals surface area (Å²) < 4.78 is 0. The molecule has 0 aromatic heterocycles. The molecule has 0 saturated heterocycles. The van der Waals surface area contributed by atoms with Crippen molar-refractivity contribution in [1.82, 2.24) is 4.90 Å². The van der Waals surface area contributed by atoms with Crippen LogP contribution in [0.2, 0.25) is 0 Å². The third kappa shape index (κ3) is 4.01. The minimum Gasteiger partial charge on any atom is -0.504 e. The van der Waals surface area contributed by atoms with E-state index in [2.05, 4.69) is 0 Å². The topological polar surface area (TPSA) is 60.8 Å². The maximum absolute atomic E-state index is 12.4. The Bertz CT molecular complexity index is 640. The van der Waals surface area contributed by atoms with E-state index in [4.69, 9.17) is 0 Å². The highest BCUT2D eigenvalue weighted by atomic mass is 16.3. The molecule has 4 heteroatoms. The van der Waals surface area contributed by atoms with Crippen molar-refractivity contribution in [3.05, 3.63) is 59.7 Å². The van der Waals surface area contributed by atoms with E-state index < -0.39 is 0 Å². The van der Waals surface area contributed by atoms with Gasteiger partial charge in [0.2, 0.25) is 5.91 Å². The predicted octanol–water partition coefficient (Wildman–Crippen LogP) is 2.94. The lowest BCUT2D eigenvalue weighted by atomic mass is 9.99. The fraction of sp³-hybridized carbons (Fsp3) is 0.278. The van der Waals surface area contributed by atoms with Crippen molar-refractivity contribution < 1.29 is 15.0 Å². The van der Waals surface area contributed by atoms with E-state index in [1.54, 1.807) is 18.0 Å². The fourth-order valence-electron chi connectivity index (χ4n) is 2.45. The molecule has 0 spiro atoms. The van der Waals surface area contributed by atoms with Crippen molar-refractivity contribution >= 4 is 5.91 Å². The fourth-order valence-corrected chi connectivity index (χ4v) is 2.45. The second-order valence-electron chi connectivity index (χ2n) is 5.61. The van der Waals surface area contributed by atoms with Gasteiger partial charge in [-0.3, -0.25) is 4.79 Å². The summed E-state index contributed by atoms with van der Waals surface area (Å²) in [6.07, 6.45) is 0.520. The van der Waals surface area contributed by atoms with Crippen LogP contribution in [0.5, 0.6) is 11.5 Å². The molecule has 2 rings (SSSR count). The summed E-state index contributed by atoms with van der Waals surface area (Å²) in [7, 11) is 1.79. The highest BCUT2D eigenvalue weighted by molar-refractivity contribution is 5.78. The number of benzene rings is 2. The van der Waals surface area contributed by atoms with Crippen LogP contribution in [0.4, 0.5) is 0 Å². The van der Waals surface area contributed by atoms with Crippen LogP contribution in [0.25, 0.3) is 0 Å². The smallest absolute Gasteiger partial charge is 0.225 e. The Morgan fingerprint density at radius 1 is 1.05 bits per heavy atom. The number of amides is 1. The number of phenols is 2. The number of rotatable bonds is 5. The third-order valence-electron chi connectivity index (χ3n) is 3.64. The first-order valence-corrected chi connectivity index (χ1v) is 7.27. The zero-order valence-electron chi connectivity index (χ0n) is 12.9. The number of carbonyl (C=O) groups is 1. The zero-order chi connectivity index (χ0) is 16.1. The van der Waals surface area contributed by atoms with E-state index in [1.807, 2.05) is 37.3 Å². The molecule has 0 aliphatic rings. The lowest BCUT2D eigenvalue weighted by Crippen LogP contribution is -2.32. The lowest BCUT2D eigenvalue weighted by molar-refractivity contribution is -0.134. The van der Waals surface area contributed by atoms with Gasteiger partial charge < -0.3 is 15.1 Å². The summed E-state index contributed by atoms with van der Waals surface area (Å²) in [5.41, 5.74) is 1.91. The van der Waals surface area contributed by atoms with Gasteiger partial charge in [0.05, 0.1) is 0 Å². The van der Waals surface area contributed by atoms with Crippen molar-refractivity contribution in [1.29, 1.82) is 0 Å². The molecule has 1 unspecified atom stereocenters. The van der Waals surface area contributed by atoms with Gasteiger partial charge in [0.15, 0.2) is 11.5 Å². The van der Waals surface area contributed by atoms with Crippen LogP contribution in [0.1, 0.15) is 18.1 Å². The van der Waals surface area contributed by atoms with Gasteiger partial charge in [0.25, 0.3) is 0 Å². The molecular formula is C18H21NO3. The van der Waals surface area contributed by atoms with Crippen LogP contribution in [0.3, 0.4) is 0 Å². The van der Waals surface area contributed by atoms with E-state index in [9.17, 15) is 15.0 Å². The summed E-state index contributed by atoms with van der Waals surface area (Å²) in [6, 6.07) is 14.5. The van der Waals surface area contributed by atoms with Gasteiger partial charge in [-0.05, 0) is 29.7 Å². The number of hydrogen-bond donors (Lipinski definition) is 2. The molecule has 22 heavy (non-hydrogen) atoms. The second kappa shape index (κ2) is 6.98. The van der Waals surface area contributed by atoms with Crippen molar-refractivity contribution in [3.8, 4) is 11.5 Å². The van der Waals surface area contributed by atoms with Gasteiger partial charge in [0, 0.05) is 19.5 Å². The van der Waals surface area contributed by atoms with Crippen LogP contribution >= 0.6 is 0 Å². The number of nitrogens with zero attached hydrogens (tertiary/aromatic N) is 1. The van der Waals surface area contributed by atoms with Crippen LogP contribution in [0.15, 0.2) is 48.5 Å². The average Bonchev–Trinajstić information content (AvgIpc) is 2.51. The van der Waals surface area contributed by atoms with Gasteiger partial charge in [0.1, 0.15) is 0 Å². The van der Waals surface area contributed by atoms with Crippen LogP contribution in [-0.2, 0) is 17.8 Å². The minimum atomic E-state index is -0.197. The Morgan fingerprint density at radius 2 is 1.73 bits per heavy atom. The highest BCUT2D eigenvalue weighted by Gasteiger charge is 2.18. The summed E-state index contributed by atoms with van der Waals surface area (Å²) in [6.45, 7) is 2.44. The highest BCUT2D eigenvalue weighted by Crippen LogP contribution is 2.26. The molecule has 0 bridgehead atoms. The van der Waals surface area contributed by atoms with Crippen LogP contribution in [0, 0.1) is 5.92 Å². The average molecular weight is 299 g/mol. The third-order valence-corrected chi connectivity index (χ3v) is 3.64. The molecular weight excluding hydrogens is 278 g/mol. The first-order chi connectivity index (χ1) is 10.5. The van der Waals surface area contributed by atoms with E-state index in [1.165, 1.54) is 12.1 Å². The quantitative estimate of drug-likeness (QED) is 0.835. The Hall–Kier alpha value is -2.49. The van der Waals surface area contributed by atoms with Crippen molar-refractivity contribution in [3.63, 3.8) is 0 Å². The van der Waals surface area contributed by atoms with Crippen molar-refractivity contribution in [2.24, 2.45) is 5.92 Å². The van der Waals surface area contributed by atoms with Crippen LogP contribution < -0.4 is 0 Å². The number of aromatic hydroxyl groups is 2. The molecule has 0 heterocycles. The number of phenolic OH excluding ortho intramolecular Hbond substituents is 2. The molecule has 2 aromatic rings. The second-order valence-corrected chi connectivity index (χ2v) is 5.61. The van der Waals surface area contributed by atoms with E-state index in [-0.39, 0.29) is 23.3 Å². The maximum Gasteiger partial charge on any atom is 0.225 e. The molecule has 0 saturated carbocycles. The molecule has 1 amide bonds.